The maximum Gasteiger partial charge on any atom is 0.472 e. The van der Waals surface area contributed by atoms with Gasteiger partial charge in [-0.2, -0.15) is 0 Å². The van der Waals surface area contributed by atoms with Crippen LogP contribution in [0.4, 0.5) is 0 Å². The van der Waals surface area contributed by atoms with Gasteiger partial charge in [0.25, 0.3) is 0 Å². The highest BCUT2D eigenvalue weighted by Gasteiger charge is 2.26. The molecule has 3 N–H and O–H groups in total. The van der Waals surface area contributed by atoms with Gasteiger partial charge in [0, 0.05) is 19.4 Å². The lowest BCUT2D eigenvalue weighted by Gasteiger charge is -2.19. The minimum absolute atomic E-state index is 0.0446. The fourth-order valence-corrected chi connectivity index (χ4v) is 7.39. The van der Waals surface area contributed by atoms with E-state index in [4.69, 9.17) is 24.3 Å². The van der Waals surface area contributed by atoms with Crippen molar-refractivity contribution >= 4 is 19.8 Å². The molecule has 0 aromatic rings. The van der Waals surface area contributed by atoms with Gasteiger partial charge in [-0.3, -0.25) is 18.6 Å². The predicted octanol–water partition coefficient (Wildman–Crippen LogP) is 14.3. The van der Waals surface area contributed by atoms with Crippen LogP contribution in [-0.4, -0.2) is 49.3 Å². The average molecular weight is 852 g/mol. The number of hydrogen-bond acceptors (Lipinski definition) is 8. The van der Waals surface area contributed by atoms with Gasteiger partial charge in [0.2, 0.25) is 0 Å². The van der Waals surface area contributed by atoms with Crippen LogP contribution in [0.15, 0.2) is 48.6 Å². The number of hydrogen-bond donors (Lipinski definition) is 2. The molecule has 0 aliphatic rings. The smallest absolute Gasteiger partial charge is 0.462 e. The lowest BCUT2D eigenvalue weighted by molar-refractivity contribution is -0.161. The third-order valence-corrected chi connectivity index (χ3v) is 11.2. The molecular weight excluding hydrogens is 762 g/mol. The number of ether oxygens (including phenoxy) is 2. The predicted molar refractivity (Wildman–Crippen MR) is 247 cm³/mol. The van der Waals surface area contributed by atoms with Gasteiger partial charge in [-0.1, -0.05) is 204 Å². The van der Waals surface area contributed by atoms with Crippen LogP contribution in [0.2, 0.25) is 0 Å². The zero-order valence-corrected chi connectivity index (χ0v) is 38.9. The van der Waals surface area contributed by atoms with Crippen LogP contribution in [0, 0.1) is 0 Å². The molecule has 0 heterocycles. The van der Waals surface area contributed by atoms with E-state index in [1.807, 2.05) is 6.08 Å². The maximum atomic E-state index is 12.6. The summed E-state index contributed by atoms with van der Waals surface area (Å²) in [5.74, 6) is -0.888. The first-order valence-electron chi connectivity index (χ1n) is 24.1. The molecule has 0 saturated heterocycles. The molecule has 0 fully saturated rings. The first-order valence-corrected chi connectivity index (χ1v) is 25.6. The summed E-state index contributed by atoms with van der Waals surface area (Å²) in [6.45, 7) is 3.67. The SMILES string of the molecule is CCCCCC=CCC=CCC=CCC=CCCCC(=O)OC(COC(=O)CCCCCCCCCCCCCCCCCCCCCCC)COP(=O)(O)OCCN. The Morgan fingerprint density at radius 1 is 0.508 bits per heavy atom. The minimum atomic E-state index is -4.39. The summed E-state index contributed by atoms with van der Waals surface area (Å²) < 4.78 is 32.8. The third-order valence-electron chi connectivity index (χ3n) is 10.2. The highest BCUT2D eigenvalue weighted by molar-refractivity contribution is 7.47. The number of unbranched alkanes of at least 4 members (excludes halogenated alkanes) is 24. The number of esters is 2. The van der Waals surface area contributed by atoms with Crippen molar-refractivity contribution in [3.05, 3.63) is 48.6 Å². The molecule has 0 aromatic carbocycles. The quantitative estimate of drug-likeness (QED) is 0.0266. The zero-order chi connectivity index (χ0) is 43.2. The van der Waals surface area contributed by atoms with Gasteiger partial charge in [-0.25, -0.2) is 4.57 Å². The fraction of sp³-hybridized carbons (Fsp3) is 0.796. The van der Waals surface area contributed by atoms with Crippen molar-refractivity contribution in [3.63, 3.8) is 0 Å². The third kappa shape index (κ3) is 45.3. The van der Waals surface area contributed by atoms with E-state index in [1.54, 1.807) is 0 Å². The summed E-state index contributed by atoms with van der Waals surface area (Å²) >= 11 is 0. The number of allylic oxidation sites excluding steroid dienone is 8. The molecule has 0 aliphatic carbocycles. The van der Waals surface area contributed by atoms with Gasteiger partial charge in [0.15, 0.2) is 6.10 Å². The van der Waals surface area contributed by atoms with Crippen molar-refractivity contribution in [2.45, 2.75) is 225 Å². The van der Waals surface area contributed by atoms with Crippen LogP contribution in [0.3, 0.4) is 0 Å². The lowest BCUT2D eigenvalue weighted by atomic mass is 10.0. The highest BCUT2D eigenvalue weighted by Crippen LogP contribution is 2.43. The minimum Gasteiger partial charge on any atom is -0.462 e. The van der Waals surface area contributed by atoms with E-state index in [-0.39, 0.29) is 32.6 Å². The highest BCUT2D eigenvalue weighted by atomic mass is 31.2. The number of phosphoric acid groups is 1. The van der Waals surface area contributed by atoms with E-state index in [0.29, 0.717) is 12.8 Å². The molecule has 10 heteroatoms. The van der Waals surface area contributed by atoms with Crippen molar-refractivity contribution in [1.29, 1.82) is 0 Å². The molecular formula is C49H90NO8P. The molecule has 0 aromatic heterocycles. The normalized spacial score (nSPS) is 13.6. The Morgan fingerprint density at radius 3 is 1.36 bits per heavy atom. The molecule has 2 atom stereocenters. The molecule has 0 spiro atoms. The van der Waals surface area contributed by atoms with E-state index in [2.05, 4.69) is 56.4 Å². The first kappa shape index (κ1) is 57.0. The Morgan fingerprint density at radius 2 is 0.898 bits per heavy atom. The number of carbonyl (C=O) groups excluding carboxylic acids is 2. The monoisotopic (exact) mass is 852 g/mol. The van der Waals surface area contributed by atoms with E-state index >= 15 is 0 Å². The van der Waals surface area contributed by atoms with Crippen LogP contribution < -0.4 is 5.73 Å². The van der Waals surface area contributed by atoms with E-state index in [0.717, 1.165) is 38.5 Å². The summed E-state index contributed by atoms with van der Waals surface area (Å²) in [5.41, 5.74) is 5.35. The summed E-state index contributed by atoms with van der Waals surface area (Å²) in [6, 6.07) is 0. The topological polar surface area (TPSA) is 134 Å². The Balaban J connectivity index is 4.13. The molecule has 59 heavy (non-hydrogen) atoms. The number of nitrogens with two attached hydrogens (primary N) is 1. The molecule has 0 amide bonds. The molecule has 0 radical (unpaired) electrons. The molecule has 344 valence electrons. The van der Waals surface area contributed by atoms with E-state index in [9.17, 15) is 19.0 Å². The summed E-state index contributed by atoms with van der Waals surface area (Å²) in [7, 11) is -4.39. The van der Waals surface area contributed by atoms with Gasteiger partial charge in [0.1, 0.15) is 6.61 Å². The van der Waals surface area contributed by atoms with Crippen LogP contribution in [0.25, 0.3) is 0 Å². The van der Waals surface area contributed by atoms with E-state index in [1.165, 1.54) is 141 Å². The summed E-state index contributed by atoms with van der Waals surface area (Å²) in [5, 5.41) is 0. The number of phosphoric ester groups is 1. The second kappa shape index (κ2) is 45.5. The van der Waals surface area contributed by atoms with Crippen LogP contribution in [0.1, 0.15) is 219 Å². The van der Waals surface area contributed by atoms with Gasteiger partial charge < -0.3 is 20.1 Å². The Kier molecular flexibility index (Phi) is 43.9. The van der Waals surface area contributed by atoms with E-state index < -0.39 is 32.5 Å². The summed E-state index contributed by atoms with van der Waals surface area (Å²) in [4.78, 5) is 34.9. The lowest BCUT2D eigenvalue weighted by Crippen LogP contribution is -2.29. The van der Waals surface area contributed by atoms with Gasteiger partial charge in [-0.15, -0.1) is 0 Å². The fourth-order valence-electron chi connectivity index (χ4n) is 6.63. The standard InChI is InChI=1S/C49H90NO8P/c1-3-5-7-9-11-13-15-17-19-21-22-23-24-26-27-29-31-33-35-37-39-41-48(51)55-45-47(46-57-59(53,54)56-44-43-50)58-49(52)42-40-38-36-34-32-30-28-25-20-18-16-14-12-10-8-6-4-2/h12,14,18,20,28,30,34,36,47H,3-11,13,15-17,19,21-27,29,31-33,35,37-46,50H2,1-2H3,(H,53,54). The maximum absolute atomic E-state index is 12.6. The van der Waals surface area contributed by atoms with Crippen molar-refractivity contribution in [2.24, 2.45) is 5.73 Å². The summed E-state index contributed by atoms with van der Waals surface area (Å²) in [6.07, 6.45) is 53.0. The number of carbonyl (C=O) groups is 2. The van der Waals surface area contributed by atoms with Gasteiger partial charge in [0.05, 0.1) is 13.2 Å². The zero-order valence-electron chi connectivity index (χ0n) is 38.0. The van der Waals surface area contributed by atoms with Crippen LogP contribution in [0.5, 0.6) is 0 Å². The second-order valence-corrected chi connectivity index (χ2v) is 17.4. The molecule has 9 nitrogen and oxygen atoms in total. The van der Waals surface area contributed by atoms with Gasteiger partial charge >= 0.3 is 19.8 Å². The largest absolute Gasteiger partial charge is 0.472 e. The van der Waals surface area contributed by atoms with Crippen LogP contribution >= 0.6 is 7.82 Å². The first-order chi connectivity index (χ1) is 28.8. The Labute approximate surface area is 362 Å². The molecule has 2 unspecified atom stereocenters. The van der Waals surface area contributed by atoms with Crippen LogP contribution in [-0.2, 0) is 32.7 Å². The number of rotatable bonds is 45. The van der Waals surface area contributed by atoms with Crippen molar-refractivity contribution in [3.8, 4) is 0 Å². The Hall–Kier alpha value is -2.03. The second-order valence-electron chi connectivity index (χ2n) is 16.0. The molecule has 0 saturated carbocycles. The van der Waals surface area contributed by atoms with Crippen molar-refractivity contribution in [2.75, 3.05) is 26.4 Å². The van der Waals surface area contributed by atoms with Crippen molar-refractivity contribution < 1.29 is 37.6 Å². The van der Waals surface area contributed by atoms with Crippen molar-refractivity contribution in [1.82, 2.24) is 0 Å². The molecule has 0 rings (SSSR count). The average Bonchev–Trinajstić information content (AvgIpc) is 3.22. The molecule has 0 bridgehead atoms. The Bertz CT molecular complexity index is 1110. The molecule has 0 aliphatic heterocycles. The van der Waals surface area contributed by atoms with Gasteiger partial charge in [-0.05, 0) is 51.4 Å².